The third-order valence-corrected chi connectivity index (χ3v) is 4.34. The molecule has 5 nitrogen and oxygen atoms in total. The number of fused-ring (bicyclic) bond motifs is 1. The third-order valence-electron chi connectivity index (χ3n) is 4.34. The van der Waals surface area contributed by atoms with Crippen molar-refractivity contribution in [3.8, 4) is 22.6 Å². The first-order valence-electron chi connectivity index (χ1n) is 9.53. The predicted molar refractivity (Wildman–Crippen MR) is 121 cm³/mol. The highest BCUT2D eigenvalue weighted by atomic mass is 16.5. The molecule has 0 atom stereocenters. The van der Waals surface area contributed by atoms with Gasteiger partial charge in [0, 0.05) is 11.1 Å². The SMILES string of the molecule is C=C(C)C(=O)O/C=C\Oc1ccc(-c2ccc3cc(OC(=O)C(=C)C)ccc3c2)cc1. The second-order valence-electron chi connectivity index (χ2n) is 6.99. The van der Waals surface area contributed by atoms with Crippen LogP contribution in [0.4, 0.5) is 0 Å². The number of rotatable bonds is 7. The molecule has 0 aliphatic rings. The van der Waals surface area contributed by atoms with Crippen molar-refractivity contribution >= 4 is 22.7 Å². The molecular formula is C26H22O5. The topological polar surface area (TPSA) is 61.8 Å². The molecule has 5 heteroatoms. The summed E-state index contributed by atoms with van der Waals surface area (Å²) in [5, 5.41) is 1.99. The average molecular weight is 414 g/mol. The van der Waals surface area contributed by atoms with Gasteiger partial charge in [-0.05, 0) is 66.1 Å². The van der Waals surface area contributed by atoms with Gasteiger partial charge in [-0.15, -0.1) is 0 Å². The van der Waals surface area contributed by atoms with Gasteiger partial charge in [0.2, 0.25) is 0 Å². The van der Waals surface area contributed by atoms with E-state index in [1.807, 2.05) is 48.5 Å². The van der Waals surface area contributed by atoms with Crippen LogP contribution in [0.25, 0.3) is 21.9 Å². The summed E-state index contributed by atoms with van der Waals surface area (Å²) < 4.78 is 15.5. The van der Waals surface area contributed by atoms with Gasteiger partial charge in [0.15, 0.2) is 0 Å². The minimum atomic E-state index is -0.507. The minimum absolute atomic E-state index is 0.313. The molecule has 0 spiro atoms. The Morgan fingerprint density at radius 1 is 0.710 bits per heavy atom. The smallest absolute Gasteiger partial charge is 0.338 e. The van der Waals surface area contributed by atoms with Gasteiger partial charge >= 0.3 is 11.9 Å². The van der Waals surface area contributed by atoms with E-state index in [0.717, 1.165) is 21.9 Å². The van der Waals surface area contributed by atoms with Gasteiger partial charge in [0.1, 0.15) is 24.0 Å². The summed E-state index contributed by atoms with van der Waals surface area (Å²) >= 11 is 0. The zero-order chi connectivity index (χ0) is 22.4. The molecular weight excluding hydrogens is 392 g/mol. The number of ether oxygens (including phenoxy) is 3. The van der Waals surface area contributed by atoms with Gasteiger partial charge in [-0.1, -0.05) is 43.5 Å². The Balaban J connectivity index is 1.69. The maximum atomic E-state index is 11.7. The van der Waals surface area contributed by atoms with Crippen molar-refractivity contribution in [3.05, 3.63) is 97.5 Å². The lowest BCUT2D eigenvalue weighted by atomic mass is 10.0. The second kappa shape index (κ2) is 9.59. The third kappa shape index (κ3) is 5.70. The fraction of sp³-hybridized carbons (Fsp3) is 0.0769. The molecule has 0 heterocycles. The number of carbonyl (C=O) groups is 2. The molecule has 0 N–H and O–H groups in total. The van der Waals surface area contributed by atoms with Gasteiger partial charge in [-0.3, -0.25) is 0 Å². The van der Waals surface area contributed by atoms with Crippen LogP contribution >= 0.6 is 0 Å². The van der Waals surface area contributed by atoms with Crippen LogP contribution in [-0.4, -0.2) is 11.9 Å². The highest BCUT2D eigenvalue weighted by Gasteiger charge is 2.07. The van der Waals surface area contributed by atoms with Gasteiger partial charge < -0.3 is 14.2 Å². The summed E-state index contributed by atoms with van der Waals surface area (Å²) in [5.41, 5.74) is 2.72. The van der Waals surface area contributed by atoms with E-state index in [-0.39, 0.29) is 0 Å². The molecule has 31 heavy (non-hydrogen) atoms. The highest BCUT2D eigenvalue weighted by molar-refractivity contribution is 5.91. The van der Waals surface area contributed by atoms with E-state index in [0.29, 0.717) is 22.6 Å². The molecule has 3 aromatic carbocycles. The van der Waals surface area contributed by atoms with Crippen LogP contribution in [0, 0.1) is 0 Å². The molecule has 0 aliphatic carbocycles. The second-order valence-corrected chi connectivity index (χ2v) is 6.99. The van der Waals surface area contributed by atoms with Crippen molar-refractivity contribution in [3.63, 3.8) is 0 Å². The quantitative estimate of drug-likeness (QED) is 0.207. The highest BCUT2D eigenvalue weighted by Crippen LogP contribution is 2.28. The maximum absolute atomic E-state index is 11.7. The van der Waals surface area contributed by atoms with Crippen LogP contribution in [0.15, 0.2) is 97.5 Å². The molecule has 0 fully saturated rings. The number of hydrogen-bond donors (Lipinski definition) is 0. The zero-order valence-electron chi connectivity index (χ0n) is 17.4. The fourth-order valence-electron chi connectivity index (χ4n) is 2.68. The summed E-state index contributed by atoms with van der Waals surface area (Å²) in [7, 11) is 0. The Labute approximate surface area is 180 Å². The van der Waals surface area contributed by atoms with Crippen molar-refractivity contribution < 1.29 is 23.8 Å². The van der Waals surface area contributed by atoms with E-state index in [9.17, 15) is 9.59 Å². The van der Waals surface area contributed by atoms with E-state index in [2.05, 4.69) is 19.2 Å². The Bertz CT molecular complexity index is 1190. The number of hydrogen-bond acceptors (Lipinski definition) is 5. The number of carbonyl (C=O) groups excluding carboxylic acids is 2. The van der Waals surface area contributed by atoms with Crippen molar-refractivity contribution in [1.29, 1.82) is 0 Å². The summed E-state index contributed by atoms with van der Waals surface area (Å²) in [6.45, 7) is 10.3. The summed E-state index contributed by atoms with van der Waals surface area (Å²) in [4.78, 5) is 23.0. The van der Waals surface area contributed by atoms with Crippen LogP contribution in [0.2, 0.25) is 0 Å². The van der Waals surface area contributed by atoms with E-state index >= 15 is 0 Å². The molecule has 3 aromatic rings. The van der Waals surface area contributed by atoms with Crippen LogP contribution in [0.3, 0.4) is 0 Å². The van der Waals surface area contributed by atoms with E-state index < -0.39 is 11.9 Å². The molecule has 0 unspecified atom stereocenters. The molecule has 0 bridgehead atoms. The molecule has 0 aliphatic heterocycles. The van der Waals surface area contributed by atoms with E-state index in [1.165, 1.54) is 12.5 Å². The van der Waals surface area contributed by atoms with Gasteiger partial charge in [-0.25, -0.2) is 9.59 Å². The molecule has 156 valence electrons. The van der Waals surface area contributed by atoms with E-state index in [1.54, 1.807) is 19.9 Å². The monoisotopic (exact) mass is 414 g/mol. The van der Waals surface area contributed by atoms with Crippen molar-refractivity contribution in [2.45, 2.75) is 13.8 Å². The molecule has 3 rings (SSSR count). The normalized spacial score (nSPS) is 10.6. The summed E-state index contributed by atoms with van der Waals surface area (Å²) in [6.07, 6.45) is 2.47. The number of benzene rings is 3. The predicted octanol–water partition coefficient (Wildman–Crippen LogP) is 5.96. The number of esters is 2. The van der Waals surface area contributed by atoms with Crippen LogP contribution < -0.4 is 9.47 Å². The van der Waals surface area contributed by atoms with Crippen LogP contribution in [0.1, 0.15) is 13.8 Å². The Morgan fingerprint density at radius 3 is 1.97 bits per heavy atom. The van der Waals surface area contributed by atoms with Crippen LogP contribution in [0.5, 0.6) is 11.5 Å². The lowest BCUT2D eigenvalue weighted by Gasteiger charge is -2.08. The summed E-state index contributed by atoms with van der Waals surface area (Å²) in [6, 6.07) is 19.1. The first-order chi connectivity index (χ1) is 14.8. The van der Waals surface area contributed by atoms with Gasteiger partial charge in [0.25, 0.3) is 0 Å². The lowest BCUT2D eigenvalue weighted by molar-refractivity contribution is -0.133. The minimum Gasteiger partial charge on any atom is -0.462 e. The Morgan fingerprint density at radius 2 is 1.29 bits per heavy atom. The van der Waals surface area contributed by atoms with Crippen molar-refractivity contribution in [2.75, 3.05) is 0 Å². The lowest BCUT2D eigenvalue weighted by Crippen LogP contribution is -2.07. The average Bonchev–Trinajstić information content (AvgIpc) is 2.76. The first kappa shape index (κ1) is 21.6. The fourth-order valence-corrected chi connectivity index (χ4v) is 2.68. The molecule has 0 aromatic heterocycles. The first-order valence-corrected chi connectivity index (χ1v) is 9.53. The van der Waals surface area contributed by atoms with Crippen LogP contribution in [-0.2, 0) is 14.3 Å². The molecule has 0 amide bonds. The zero-order valence-corrected chi connectivity index (χ0v) is 17.4. The standard InChI is InChI=1S/C26H22O5/c1-17(2)25(27)30-14-13-29-23-10-7-19(8-11-23)20-5-6-22-16-24(12-9-21(22)15-20)31-26(28)18(3)4/h5-16H,1,3H2,2,4H3/b14-13-. The largest absolute Gasteiger partial charge is 0.462 e. The Hall–Kier alpha value is -4.12. The Kier molecular flexibility index (Phi) is 6.67. The van der Waals surface area contributed by atoms with Crippen molar-refractivity contribution in [1.82, 2.24) is 0 Å². The van der Waals surface area contributed by atoms with E-state index in [4.69, 9.17) is 14.2 Å². The summed E-state index contributed by atoms with van der Waals surface area (Å²) in [5.74, 6) is 0.141. The van der Waals surface area contributed by atoms with Crippen molar-refractivity contribution in [2.24, 2.45) is 0 Å². The van der Waals surface area contributed by atoms with Gasteiger partial charge in [-0.2, -0.15) is 0 Å². The maximum Gasteiger partial charge on any atom is 0.338 e. The molecule has 0 radical (unpaired) electrons. The molecule has 0 saturated carbocycles. The van der Waals surface area contributed by atoms with Gasteiger partial charge in [0.05, 0.1) is 0 Å². The molecule has 0 saturated heterocycles.